The number of hydrogen-bond donors (Lipinski definition) is 2. The predicted molar refractivity (Wildman–Crippen MR) is 83.6 cm³/mol. The number of nitrogen functional groups attached to an aromatic ring is 1. The molecule has 2 amide bonds. The van der Waals surface area contributed by atoms with Gasteiger partial charge in [0.05, 0.1) is 0 Å². The molecule has 1 aromatic heterocycles. The highest BCUT2D eigenvalue weighted by molar-refractivity contribution is 7.18. The first kappa shape index (κ1) is 15.6. The lowest BCUT2D eigenvalue weighted by Gasteiger charge is -2.32. The standard InChI is InChI=1S/C13H21N5O2S/c1-4-6-17(3)13-16-10(14)9(21-13)12(20)18-7-5-15-11(19)8(18)2/h8H,4-7,14H2,1-3H3,(H,15,19). The summed E-state index contributed by atoms with van der Waals surface area (Å²) in [6.45, 7) is 5.60. The molecule has 7 nitrogen and oxygen atoms in total. The minimum Gasteiger partial charge on any atom is -0.382 e. The molecule has 2 rings (SSSR count). The molecule has 0 aromatic carbocycles. The highest BCUT2D eigenvalue weighted by atomic mass is 32.1. The van der Waals surface area contributed by atoms with Crippen LogP contribution in [0.1, 0.15) is 29.9 Å². The van der Waals surface area contributed by atoms with Gasteiger partial charge < -0.3 is 20.9 Å². The number of carbonyl (C=O) groups excluding carboxylic acids is 2. The molecule has 1 atom stereocenters. The zero-order valence-corrected chi connectivity index (χ0v) is 13.4. The molecular weight excluding hydrogens is 290 g/mol. The van der Waals surface area contributed by atoms with E-state index in [4.69, 9.17) is 5.73 Å². The first-order valence-electron chi connectivity index (χ1n) is 7.01. The van der Waals surface area contributed by atoms with Gasteiger partial charge in [-0.15, -0.1) is 0 Å². The van der Waals surface area contributed by atoms with Crippen molar-refractivity contribution in [3.05, 3.63) is 4.88 Å². The van der Waals surface area contributed by atoms with E-state index in [2.05, 4.69) is 17.2 Å². The topological polar surface area (TPSA) is 91.6 Å². The van der Waals surface area contributed by atoms with E-state index in [-0.39, 0.29) is 17.6 Å². The van der Waals surface area contributed by atoms with Crippen LogP contribution < -0.4 is 16.0 Å². The van der Waals surface area contributed by atoms with E-state index in [1.54, 1.807) is 11.8 Å². The molecule has 1 aromatic rings. The number of thiazole rings is 1. The monoisotopic (exact) mass is 311 g/mol. The molecule has 2 heterocycles. The molecule has 1 aliphatic heterocycles. The third-order valence-corrected chi connectivity index (χ3v) is 4.66. The second-order valence-corrected chi connectivity index (χ2v) is 6.08. The largest absolute Gasteiger partial charge is 0.382 e. The maximum absolute atomic E-state index is 12.6. The quantitative estimate of drug-likeness (QED) is 0.846. The Morgan fingerprint density at radius 1 is 1.62 bits per heavy atom. The number of rotatable bonds is 4. The van der Waals surface area contributed by atoms with Crippen LogP contribution in [0.15, 0.2) is 0 Å². The summed E-state index contributed by atoms with van der Waals surface area (Å²) in [6.07, 6.45) is 0.989. The Morgan fingerprint density at radius 2 is 2.33 bits per heavy atom. The molecule has 3 N–H and O–H groups in total. The lowest BCUT2D eigenvalue weighted by Crippen LogP contribution is -2.55. The fourth-order valence-corrected chi connectivity index (χ4v) is 3.19. The SMILES string of the molecule is CCCN(C)c1nc(N)c(C(=O)N2CCNC(=O)C2C)s1. The Kier molecular flexibility index (Phi) is 4.66. The number of hydrogen-bond acceptors (Lipinski definition) is 6. The average molecular weight is 311 g/mol. The van der Waals surface area contributed by atoms with Crippen molar-refractivity contribution in [1.82, 2.24) is 15.2 Å². The number of piperazine rings is 1. The minimum absolute atomic E-state index is 0.138. The van der Waals surface area contributed by atoms with E-state index in [1.807, 2.05) is 11.9 Å². The molecule has 1 saturated heterocycles. The molecule has 0 aliphatic carbocycles. The Balaban J connectivity index is 2.21. The van der Waals surface area contributed by atoms with Gasteiger partial charge in [0, 0.05) is 26.7 Å². The van der Waals surface area contributed by atoms with Gasteiger partial charge in [-0.3, -0.25) is 9.59 Å². The summed E-state index contributed by atoms with van der Waals surface area (Å²) in [6, 6.07) is -0.482. The van der Waals surface area contributed by atoms with Crippen LogP contribution in [0.4, 0.5) is 10.9 Å². The van der Waals surface area contributed by atoms with Crippen LogP contribution in [0.5, 0.6) is 0 Å². The predicted octanol–water partition coefficient (Wildman–Crippen LogP) is 0.532. The third kappa shape index (κ3) is 3.10. The first-order valence-corrected chi connectivity index (χ1v) is 7.83. The summed E-state index contributed by atoms with van der Waals surface area (Å²) in [5, 5.41) is 3.47. The zero-order chi connectivity index (χ0) is 15.6. The minimum atomic E-state index is -0.482. The summed E-state index contributed by atoms with van der Waals surface area (Å²) in [4.78, 5) is 32.5. The number of nitrogens with one attached hydrogen (secondary N) is 1. The number of amides is 2. The van der Waals surface area contributed by atoms with Gasteiger partial charge in [0.25, 0.3) is 5.91 Å². The van der Waals surface area contributed by atoms with Crippen molar-refractivity contribution in [2.24, 2.45) is 0 Å². The lowest BCUT2D eigenvalue weighted by molar-refractivity contribution is -0.127. The smallest absolute Gasteiger partial charge is 0.268 e. The van der Waals surface area contributed by atoms with Crippen LogP contribution in [-0.2, 0) is 4.79 Å². The van der Waals surface area contributed by atoms with Crippen molar-refractivity contribution in [2.75, 3.05) is 37.3 Å². The summed E-state index contributed by atoms with van der Waals surface area (Å²) >= 11 is 1.28. The number of anilines is 2. The summed E-state index contributed by atoms with van der Waals surface area (Å²) < 4.78 is 0. The second kappa shape index (κ2) is 6.30. The van der Waals surface area contributed by atoms with Gasteiger partial charge in [-0.1, -0.05) is 18.3 Å². The van der Waals surface area contributed by atoms with Crippen LogP contribution in [0.2, 0.25) is 0 Å². The van der Waals surface area contributed by atoms with E-state index < -0.39 is 6.04 Å². The summed E-state index contributed by atoms with van der Waals surface area (Å²) in [5.74, 6) is -0.120. The highest BCUT2D eigenvalue weighted by Crippen LogP contribution is 2.29. The van der Waals surface area contributed by atoms with Crippen molar-refractivity contribution in [3.8, 4) is 0 Å². The van der Waals surface area contributed by atoms with Crippen molar-refractivity contribution < 1.29 is 9.59 Å². The van der Waals surface area contributed by atoms with Crippen LogP contribution in [0.25, 0.3) is 0 Å². The third-order valence-electron chi connectivity index (χ3n) is 3.48. The van der Waals surface area contributed by atoms with Crippen LogP contribution in [0, 0.1) is 0 Å². The summed E-state index contributed by atoms with van der Waals surface area (Å²) in [7, 11) is 1.92. The van der Waals surface area contributed by atoms with Crippen molar-refractivity contribution in [2.45, 2.75) is 26.3 Å². The van der Waals surface area contributed by atoms with E-state index >= 15 is 0 Å². The maximum atomic E-state index is 12.6. The molecule has 0 radical (unpaired) electrons. The van der Waals surface area contributed by atoms with Crippen molar-refractivity contribution in [1.29, 1.82) is 0 Å². The molecule has 0 spiro atoms. The highest BCUT2D eigenvalue weighted by Gasteiger charge is 2.32. The Bertz CT molecular complexity index is 545. The second-order valence-electron chi connectivity index (χ2n) is 5.10. The molecule has 0 bridgehead atoms. The van der Waals surface area contributed by atoms with Gasteiger partial charge >= 0.3 is 0 Å². The van der Waals surface area contributed by atoms with Gasteiger partial charge in [0.1, 0.15) is 16.7 Å². The van der Waals surface area contributed by atoms with E-state index in [0.29, 0.717) is 18.0 Å². The Hall–Kier alpha value is -1.83. The van der Waals surface area contributed by atoms with Gasteiger partial charge in [-0.2, -0.15) is 0 Å². The van der Waals surface area contributed by atoms with Crippen LogP contribution >= 0.6 is 11.3 Å². The normalized spacial score (nSPS) is 18.5. The number of carbonyl (C=O) groups is 2. The average Bonchev–Trinajstić information content (AvgIpc) is 2.83. The van der Waals surface area contributed by atoms with E-state index in [9.17, 15) is 9.59 Å². The molecular formula is C13H21N5O2S. The van der Waals surface area contributed by atoms with Gasteiger partial charge in [-0.05, 0) is 13.3 Å². The number of nitrogens with zero attached hydrogens (tertiary/aromatic N) is 3. The molecule has 21 heavy (non-hydrogen) atoms. The maximum Gasteiger partial charge on any atom is 0.268 e. The van der Waals surface area contributed by atoms with Crippen LogP contribution in [0.3, 0.4) is 0 Å². The lowest BCUT2D eigenvalue weighted by atomic mass is 10.2. The Labute approximate surface area is 128 Å². The molecule has 1 aliphatic rings. The molecule has 116 valence electrons. The fraction of sp³-hybridized carbons (Fsp3) is 0.615. The van der Waals surface area contributed by atoms with E-state index in [0.717, 1.165) is 18.1 Å². The molecule has 0 saturated carbocycles. The summed E-state index contributed by atoms with van der Waals surface area (Å²) in [5.41, 5.74) is 5.89. The number of aromatic nitrogens is 1. The van der Waals surface area contributed by atoms with Crippen molar-refractivity contribution >= 4 is 34.1 Å². The van der Waals surface area contributed by atoms with Crippen molar-refractivity contribution in [3.63, 3.8) is 0 Å². The van der Waals surface area contributed by atoms with Gasteiger partial charge in [-0.25, -0.2) is 4.98 Å². The van der Waals surface area contributed by atoms with Gasteiger partial charge in [0.15, 0.2) is 5.13 Å². The molecule has 1 fully saturated rings. The Morgan fingerprint density at radius 3 is 3.00 bits per heavy atom. The fourth-order valence-electron chi connectivity index (χ4n) is 2.26. The zero-order valence-electron chi connectivity index (χ0n) is 12.5. The van der Waals surface area contributed by atoms with E-state index in [1.165, 1.54) is 11.3 Å². The van der Waals surface area contributed by atoms with Gasteiger partial charge in [0.2, 0.25) is 5.91 Å². The first-order chi connectivity index (χ1) is 9.95. The van der Waals surface area contributed by atoms with Crippen LogP contribution in [-0.4, -0.2) is 54.4 Å². The molecule has 8 heteroatoms. The molecule has 1 unspecified atom stereocenters. The number of nitrogens with two attached hydrogens (primary N) is 1.